The van der Waals surface area contributed by atoms with Crippen molar-refractivity contribution >= 4 is 22.0 Å². The lowest BCUT2D eigenvalue weighted by molar-refractivity contribution is -0.125. The second-order valence-corrected chi connectivity index (χ2v) is 11.3. The van der Waals surface area contributed by atoms with Crippen LogP contribution in [0.15, 0.2) is 11.0 Å². The van der Waals surface area contributed by atoms with Crippen molar-refractivity contribution in [3.8, 4) is 0 Å². The van der Waals surface area contributed by atoms with Gasteiger partial charge in [0.2, 0.25) is 15.9 Å². The number of hydrogen-bond acceptors (Lipinski definition) is 5. The Hall–Kier alpha value is -1.97. The summed E-state index contributed by atoms with van der Waals surface area (Å²) >= 11 is 0. The van der Waals surface area contributed by atoms with Crippen LogP contribution < -0.4 is 10.6 Å². The third-order valence-electron chi connectivity index (χ3n) is 5.82. The SMILES string of the molecule is Cc1cc(C)c(C)c(S(=O)(=O)N2CCN(C(C)C(=O)NC(=O)NC(C)(C)C)CC2)c1C. The molecule has 1 aliphatic heterocycles. The Morgan fingerprint density at radius 2 is 1.45 bits per heavy atom. The lowest BCUT2D eigenvalue weighted by Gasteiger charge is -2.37. The minimum atomic E-state index is -3.64. The van der Waals surface area contributed by atoms with E-state index in [2.05, 4.69) is 10.6 Å². The summed E-state index contributed by atoms with van der Waals surface area (Å²) in [5.41, 5.74) is 3.03. The first-order valence-corrected chi connectivity index (χ1v) is 12.0. The van der Waals surface area contributed by atoms with E-state index < -0.39 is 33.5 Å². The molecular formula is C22H36N4O4S. The van der Waals surface area contributed by atoms with Crippen LogP contribution in [0.3, 0.4) is 0 Å². The van der Waals surface area contributed by atoms with Gasteiger partial charge >= 0.3 is 6.03 Å². The number of piperazine rings is 1. The molecule has 1 aliphatic rings. The monoisotopic (exact) mass is 452 g/mol. The van der Waals surface area contributed by atoms with Gasteiger partial charge < -0.3 is 5.32 Å². The first-order valence-electron chi connectivity index (χ1n) is 10.6. The molecule has 1 saturated heterocycles. The molecule has 3 amide bonds. The molecule has 1 unspecified atom stereocenters. The van der Waals surface area contributed by atoms with Crippen LogP contribution in [-0.4, -0.2) is 67.3 Å². The quantitative estimate of drug-likeness (QED) is 0.730. The molecule has 0 aromatic heterocycles. The summed E-state index contributed by atoms with van der Waals surface area (Å²) in [6.07, 6.45) is 0. The molecule has 1 aromatic carbocycles. The van der Waals surface area contributed by atoms with Crippen LogP contribution in [0.1, 0.15) is 49.9 Å². The molecule has 9 heteroatoms. The summed E-state index contributed by atoms with van der Waals surface area (Å²) in [5, 5.41) is 5.06. The highest BCUT2D eigenvalue weighted by atomic mass is 32.2. The van der Waals surface area contributed by atoms with Gasteiger partial charge in [0.1, 0.15) is 0 Å². The lowest BCUT2D eigenvalue weighted by atomic mass is 10.0. The third kappa shape index (κ3) is 5.84. The normalized spacial score (nSPS) is 17.3. The summed E-state index contributed by atoms with van der Waals surface area (Å²) in [6.45, 7) is 16.2. The van der Waals surface area contributed by atoms with Crippen LogP contribution in [-0.2, 0) is 14.8 Å². The van der Waals surface area contributed by atoms with E-state index in [9.17, 15) is 18.0 Å². The van der Waals surface area contributed by atoms with E-state index in [-0.39, 0.29) is 0 Å². The summed E-state index contributed by atoms with van der Waals surface area (Å²) in [6, 6.07) is 0.934. The van der Waals surface area contributed by atoms with Gasteiger partial charge in [-0.05, 0) is 77.6 Å². The fourth-order valence-electron chi connectivity index (χ4n) is 3.78. The number of hydrogen-bond donors (Lipinski definition) is 2. The van der Waals surface area contributed by atoms with E-state index in [0.29, 0.717) is 31.1 Å². The number of amides is 3. The number of carbonyl (C=O) groups excluding carboxylic acids is 2. The molecular weight excluding hydrogens is 416 g/mol. The second kappa shape index (κ2) is 9.26. The average Bonchev–Trinajstić information content (AvgIpc) is 2.64. The van der Waals surface area contributed by atoms with Gasteiger partial charge in [-0.3, -0.25) is 15.0 Å². The summed E-state index contributed by atoms with van der Waals surface area (Å²) in [5.74, 6) is -0.404. The van der Waals surface area contributed by atoms with Crippen molar-refractivity contribution in [3.05, 3.63) is 28.3 Å². The van der Waals surface area contributed by atoms with E-state index in [1.165, 1.54) is 4.31 Å². The molecule has 0 spiro atoms. The molecule has 1 aromatic rings. The molecule has 0 radical (unpaired) electrons. The van der Waals surface area contributed by atoms with Gasteiger partial charge in [0.05, 0.1) is 10.9 Å². The smallest absolute Gasteiger partial charge is 0.321 e. The van der Waals surface area contributed by atoms with Crippen LogP contribution in [0.4, 0.5) is 4.79 Å². The van der Waals surface area contributed by atoms with Crippen molar-refractivity contribution in [1.82, 2.24) is 19.8 Å². The Labute approximate surface area is 186 Å². The molecule has 8 nitrogen and oxygen atoms in total. The first-order chi connectivity index (χ1) is 14.1. The van der Waals surface area contributed by atoms with Crippen molar-refractivity contribution in [1.29, 1.82) is 0 Å². The zero-order valence-corrected chi connectivity index (χ0v) is 20.7. The maximum atomic E-state index is 13.4. The maximum absolute atomic E-state index is 13.4. The van der Waals surface area contributed by atoms with E-state index in [0.717, 1.165) is 22.3 Å². The minimum absolute atomic E-state index is 0.292. The predicted octanol–water partition coefficient (Wildman–Crippen LogP) is 2.24. The number of nitrogens with one attached hydrogen (secondary N) is 2. The minimum Gasteiger partial charge on any atom is -0.333 e. The summed E-state index contributed by atoms with van der Waals surface area (Å²) in [4.78, 5) is 26.7. The highest BCUT2D eigenvalue weighted by Crippen LogP contribution is 2.29. The Morgan fingerprint density at radius 1 is 0.968 bits per heavy atom. The fourth-order valence-corrected chi connectivity index (χ4v) is 5.78. The molecule has 1 fully saturated rings. The van der Waals surface area contributed by atoms with E-state index in [1.54, 1.807) is 6.92 Å². The second-order valence-electron chi connectivity index (χ2n) is 9.40. The number of benzene rings is 1. The van der Waals surface area contributed by atoms with Crippen LogP contribution >= 0.6 is 0 Å². The number of imide groups is 1. The Morgan fingerprint density at radius 3 is 1.90 bits per heavy atom. The molecule has 0 bridgehead atoms. The molecule has 2 N–H and O–H groups in total. The van der Waals surface area contributed by atoms with E-state index in [4.69, 9.17) is 0 Å². The number of nitrogens with zero attached hydrogens (tertiary/aromatic N) is 2. The topological polar surface area (TPSA) is 98.8 Å². The van der Waals surface area contributed by atoms with E-state index in [1.807, 2.05) is 59.4 Å². The number of carbonyl (C=O) groups is 2. The molecule has 0 aliphatic carbocycles. The van der Waals surface area contributed by atoms with Crippen molar-refractivity contribution in [2.45, 2.75) is 71.9 Å². The van der Waals surface area contributed by atoms with Crippen LogP contribution in [0, 0.1) is 27.7 Å². The molecule has 2 rings (SSSR count). The standard InChI is InChI=1S/C22H36N4O4S/c1-14-13-15(2)17(4)19(16(14)3)31(29,30)26-11-9-25(10-12-26)18(5)20(27)23-21(28)24-22(6,7)8/h13,18H,9-12H2,1-8H3,(H2,23,24,27,28). The fraction of sp³-hybridized carbons (Fsp3) is 0.636. The predicted molar refractivity (Wildman–Crippen MR) is 122 cm³/mol. The molecule has 1 atom stereocenters. The van der Waals surface area contributed by atoms with Gasteiger partial charge in [-0.25, -0.2) is 13.2 Å². The highest BCUT2D eigenvalue weighted by Gasteiger charge is 2.34. The molecule has 174 valence electrons. The highest BCUT2D eigenvalue weighted by molar-refractivity contribution is 7.89. The Bertz CT molecular complexity index is 932. The van der Waals surface area contributed by atoms with Gasteiger partial charge in [0.15, 0.2) is 0 Å². The van der Waals surface area contributed by atoms with Crippen LogP contribution in [0.5, 0.6) is 0 Å². The van der Waals surface area contributed by atoms with Gasteiger partial charge in [-0.1, -0.05) is 6.07 Å². The zero-order valence-electron chi connectivity index (χ0n) is 19.9. The van der Waals surface area contributed by atoms with Crippen molar-refractivity contribution in [2.75, 3.05) is 26.2 Å². The zero-order chi connectivity index (χ0) is 23.7. The molecule has 31 heavy (non-hydrogen) atoms. The first kappa shape index (κ1) is 25.3. The Balaban J connectivity index is 2.07. The lowest BCUT2D eigenvalue weighted by Crippen LogP contribution is -2.57. The van der Waals surface area contributed by atoms with Gasteiger partial charge in [-0.2, -0.15) is 4.31 Å². The number of sulfonamides is 1. The maximum Gasteiger partial charge on any atom is 0.321 e. The number of aryl methyl sites for hydroxylation is 2. The number of urea groups is 1. The molecule has 0 saturated carbocycles. The van der Waals surface area contributed by atoms with Gasteiger partial charge in [0, 0.05) is 31.7 Å². The average molecular weight is 453 g/mol. The Kier molecular flexibility index (Phi) is 7.55. The van der Waals surface area contributed by atoms with Crippen molar-refractivity contribution < 1.29 is 18.0 Å². The van der Waals surface area contributed by atoms with Crippen molar-refractivity contribution in [3.63, 3.8) is 0 Å². The van der Waals surface area contributed by atoms with Gasteiger partial charge in [0.25, 0.3) is 0 Å². The third-order valence-corrected chi connectivity index (χ3v) is 7.99. The van der Waals surface area contributed by atoms with Crippen molar-refractivity contribution in [2.24, 2.45) is 0 Å². The van der Waals surface area contributed by atoms with Crippen LogP contribution in [0.25, 0.3) is 0 Å². The van der Waals surface area contributed by atoms with E-state index >= 15 is 0 Å². The number of rotatable bonds is 4. The largest absolute Gasteiger partial charge is 0.333 e. The van der Waals surface area contributed by atoms with Gasteiger partial charge in [-0.15, -0.1) is 0 Å². The summed E-state index contributed by atoms with van der Waals surface area (Å²) in [7, 11) is -3.64. The van der Waals surface area contributed by atoms with Crippen LogP contribution in [0.2, 0.25) is 0 Å². The molecule has 1 heterocycles. The summed E-state index contributed by atoms with van der Waals surface area (Å²) < 4.78 is 28.3.